The lowest BCUT2D eigenvalue weighted by Gasteiger charge is -2.49. The van der Waals surface area contributed by atoms with Crippen molar-refractivity contribution in [1.82, 2.24) is 5.32 Å². The Hall–Kier alpha value is -0.860. The number of benzene rings is 1. The molecule has 18 heavy (non-hydrogen) atoms. The van der Waals surface area contributed by atoms with Gasteiger partial charge in [0.2, 0.25) is 0 Å². The van der Waals surface area contributed by atoms with Gasteiger partial charge in [0.25, 0.3) is 0 Å². The summed E-state index contributed by atoms with van der Waals surface area (Å²) in [7, 11) is 0. The van der Waals surface area contributed by atoms with Crippen molar-refractivity contribution >= 4 is 0 Å². The van der Waals surface area contributed by atoms with E-state index in [1.54, 1.807) is 0 Å². The highest BCUT2D eigenvalue weighted by Gasteiger charge is 2.44. The van der Waals surface area contributed by atoms with Crippen molar-refractivity contribution in [2.75, 3.05) is 19.7 Å². The minimum absolute atomic E-state index is 0.420. The lowest BCUT2D eigenvalue weighted by Crippen LogP contribution is -2.48. The van der Waals surface area contributed by atoms with Crippen LogP contribution in [0.1, 0.15) is 37.7 Å². The molecule has 2 fully saturated rings. The first-order valence-electron chi connectivity index (χ1n) is 7.17. The summed E-state index contributed by atoms with van der Waals surface area (Å²) in [5.41, 5.74) is 1.96. The number of hydrogen-bond donors (Lipinski definition) is 1. The summed E-state index contributed by atoms with van der Waals surface area (Å²) in [5.74, 6) is 0.652. The second kappa shape index (κ2) is 5.02. The maximum atomic E-state index is 5.77. The monoisotopic (exact) mass is 245 g/mol. The van der Waals surface area contributed by atoms with Crippen LogP contribution < -0.4 is 5.32 Å². The Kier molecular flexibility index (Phi) is 3.40. The molecule has 0 amide bonds. The van der Waals surface area contributed by atoms with Crippen LogP contribution in [0, 0.1) is 5.41 Å². The molecule has 1 N–H and O–H groups in total. The van der Waals surface area contributed by atoms with E-state index >= 15 is 0 Å². The number of nitrogens with one attached hydrogen (secondary N) is 1. The van der Waals surface area contributed by atoms with Crippen molar-refractivity contribution in [2.24, 2.45) is 5.41 Å². The van der Waals surface area contributed by atoms with Crippen LogP contribution >= 0.6 is 0 Å². The van der Waals surface area contributed by atoms with Crippen LogP contribution in [0.2, 0.25) is 0 Å². The van der Waals surface area contributed by atoms with Gasteiger partial charge in [0, 0.05) is 19.1 Å². The minimum atomic E-state index is 0.420. The maximum absolute atomic E-state index is 5.77. The highest BCUT2D eigenvalue weighted by molar-refractivity contribution is 5.24. The van der Waals surface area contributed by atoms with Gasteiger partial charge in [-0.2, -0.15) is 0 Å². The van der Waals surface area contributed by atoms with Crippen LogP contribution in [0.3, 0.4) is 0 Å². The molecular formula is C16H23NO. The first-order valence-corrected chi connectivity index (χ1v) is 7.17. The summed E-state index contributed by atoms with van der Waals surface area (Å²) in [5, 5.41) is 3.58. The van der Waals surface area contributed by atoms with Crippen LogP contribution in [-0.4, -0.2) is 25.8 Å². The molecule has 1 aromatic rings. The molecule has 2 nitrogen and oxygen atoms in total. The van der Waals surface area contributed by atoms with E-state index in [2.05, 4.69) is 42.6 Å². The lowest BCUT2D eigenvalue weighted by molar-refractivity contribution is -0.0596. The van der Waals surface area contributed by atoms with Crippen molar-refractivity contribution in [1.29, 1.82) is 0 Å². The van der Waals surface area contributed by atoms with E-state index in [9.17, 15) is 0 Å². The molecule has 98 valence electrons. The van der Waals surface area contributed by atoms with E-state index in [4.69, 9.17) is 4.74 Å². The predicted octanol–water partition coefficient (Wildman–Crippen LogP) is 2.95. The van der Waals surface area contributed by atoms with Gasteiger partial charge in [-0.05, 0) is 43.7 Å². The summed E-state index contributed by atoms with van der Waals surface area (Å²) in [6, 6.07) is 11.0. The van der Waals surface area contributed by atoms with Crippen LogP contribution in [0.5, 0.6) is 0 Å². The van der Waals surface area contributed by atoms with Gasteiger partial charge in [-0.25, -0.2) is 0 Å². The van der Waals surface area contributed by atoms with Crippen molar-refractivity contribution < 1.29 is 4.74 Å². The average Bonchev–Trinajstić information content (AvgIpc) is 2.40. The fourth-order valence-corrected chi connectivity index (χ4v) is 3.87. The summed E-state index contributed by atoms with van der Waals surface area (Å²) in [6.07, 6.45) is 4.15. The first-order chi connectivity index (χ1) is 8.80. The van der Waals surface area contributed by atoms with Crippen LogP contribution in [0.15, 0.2) is 30.3 Å². The van der Waals surface area contributed by atoms with Gasteiger partial charge in [-0.15, -0.1) is 0 Å². The zero-order valence-corrected chi connectivity index (χ0v) is 11.2. The number of hydrogen-bond acceptors (Lipinski definition) is 2. The van der Waals surface area contributed by atoms with Crippen LogP contribution in [0.25, 0.3) is 0 Å². The second-order valence-corrected chi connectivity index (χ2v) is 5.92. The zero-order chi connectivity index (χ0) is 12.4. The van der Waals surface area contributed by atoms with Crippen molar-refractivity contribution in [3.05, 3.63) is 35.9 Å². The van der Waals surface area contributed by atoms with Gasteiger partial charge in [-0.1, -0.05) is 30.3 Å². The molecule has 2 heterocycles. The first kappa shape index (κ1) is 12.2. The molecule has 0 radical (unpaired) electrons. The number of rotatable bonds is 1. The van der Waals surface area contributed by atoms with E-state index in [1.807, 2.05) is 0 Å². The molecular weight excluding hydrogens is 222 g/mol. The molecule has 3 rings (SSSR count). The van der Waals surface area contributed by atoms with Gasteiger partial charge in [-0.3, -0.25) is 0 Å². The molecule has 3 atom stereocenters. The molecule has 1 spiro atoms. The quantitative estimate of drug-likeness (QED) is 0.821. The van der Waals surface area contributed by atoms with Crippen LogP contribution in [-0.2, 0) is 4.74 Å². The standard InChI is InChI=1S/C16H23NO/c1-13-11-16(8-10-18-13)7-9-17-12-15(16)14-5-3-2-4-6-14/h2-6,13,15,17H,7-12H2,1H3. The molecule has 2 saturated heterocycles. The number of ether oxygens (including phenoxy) is 1. The minimum Gasteiger partial charge on any atom is -0.378 e. The molecule has 1 aromatic carbocycles. The Morgan fingerprint density at radius 2 is 2.06 bits per heavy atom. The molecule has 0 bridgehead atoms. The van der Waals surface area contributed by atoms with Gasteiger partial charge in [0.15, 0.2) is 0 Å². The Balaban J connectivity index is 1.90. The van der Waals surface area contributed by atoms with E-state index in [-0.39, 0.29) is 0 Å². The van der Waals surface area contributed by atoms with E-state index < -0.39 is 0 Å². The third kappa shape index (κ3) is 2.19. The van der Waals surface area contributed by atoms with Gasteiger partial charge >= 0.3 is 0 Å². The highest BCUT2D eigenvalue weighted by atomic mass is 16.5. The SMILES string of the molecule is CC1CC2(CCNCC2c2ccccc2)CCO1. The van der Waals surface area contributed by atoms with Gasteiger partial charge in [0.1, 0.15) is 0 Å². The van der Waals surface area contributed by atoms with Crippen molar-refractivity contribution in [3.8, 4) is 0 Å². The summed E-state index contributed by atoms with van der Waals surface area (Å²) >= 11 is 0. The van der Waals surface area contributed by atoms with Gasteiger partial charge in [0.05, 0.1) is 6.10 Å². The maximum Gasteiger partial charge on any atom is 0.0552 e. The van der Waals surface area contributed by atoms with E-state index in [0.29, 0.717) is 17.4 Å². The predicted molar refractivity (Wildman–Crippen MR) is 73.8 cm³/mol. The molecule has 2 heteroatoms. The van der Waals surface area contributed by atoms with E-state index in [0.717, 1.165) is 19.7 Å². The highest BCUT2D eigenvalue weighted by Crippen LogP contribution is 2.49. The molecule has 3 unspecified atom stereocenters. The fourth-order valence-electron chi connectivity index (χ4n) is 3.87. The topological polar surface area (TPSA) is 21.3 Å². The fraction of sp³-hybridized carbons (Fsp3) is 0.625. The third-order valence-corrected chi connectivity index (χ3v) is 4.79. The molecule has 0 aromatic heterocycles. The van der Waals surface area contributed by atoms with Crippen LogP contribution in [0.4, 0.5) is 0 Å². The number of piperidine rings is 1. The summed E-state index contributed by atoms with van der Waals surface area (Å²) in [6.45, 7) is 5.45. The Morgan fingerprint density at radius 1 is 1.22 bits per heavy atom. The van der Waals surface area contributed by atoms with Gasteiger partial charge < -0.3 is 10.1 Å². The average molecular weight is 245 g/mol. The summed E-state index contributed by atoms with van der Waals surface area (Å²) in [4.78, 5) is 0. The second-order valence-electron chi connectivity index (χ2n) is 5.92. The Bertz CT molecular complexity index is 387. The summed E-state index contributed by atoms with van der Waals surface area (Å²) < 4.78 is 5.77. The Labute approximate surface area is 110 Å². The normalized spacial score (nSPS) is 36.7. The molecule has 0 saturated carbocycles. The Morgan fingerprint density at radius 3 is 2.83 bits per heavy atom. The lowest BCUT2D eigenvalue weighted by atomic mass is 9.62. The zero-order valence-electron chi connectivity index (χ0n) is 11.2. The smallest absolute Gasteiger partial charge is 0.0552 e. The van der Waals surface area contributed by atoms with Crippen molar-refractivity contribution in [3.63, 3.8) is 0 Å². The molecule has 2 aliphatic rings. The molecule has 2 aliphatic heterocycles. The molecule has 0 aliphatic carbocycles. The van der Waals surface area contributed by atoms with Crippen molar-refractivity contribution in [2.45, 2.75) is 38.2 Å². The van der Waals surface area contributed by atoms with E-state index in [1.165, 1.54) is 24.8 Å². The third-order valence-electron chi connectivity index (χ3n) is 4.79. The largest absolute Gasteiger partial charge is 0.378 e.